The zero-order chi connectivity index (χ0) is 11.7. The van der Waals surface area contributed by atoms with Crippen LogP contribution in [0.4, 0.5) is 0 Å². The van der Waals surface area contributed by atoms with Crippen LogP contribution in [0, 0.1) is 13.8 Å². The summed E-state index contributed by atoms with van der Waals surface area (Å²) in [5, 5.41) is 0.845. The fourth-order valence-electron chi connectivity index (χ4n) is 1.75. The molecule has 0 aliphatic rings. The fourth-order valence-corrected chi connectivity index (χ4v) is 1.75. The van der Waals surface area contributed by atoms with E-state index in [9.17, 15) is 4.79 Å². The van der Waals surface area contributed by atoms with E-state index in [1.54, 1.807) is 6.07 Å². The Morgan fingerprint density at radius 2 is 2.00 bits per heavy atom. The number of esters is 1. The first-order chi connectivity index (χ1) is 7.61. The lowest BCUT2D eigenvalue weighted by Crippen LogP contribution is -2.04. The molecule has 82 valence electrons. The lowest BCUT2D eigenvalue weighted by atomic mass is 10.1. The third kappa shape index (κ3) is 1.76. The summed E-state index contributed by atoms with van der Waals surface area (Å²) >= 11 is 0. The van der Waals surface area contributed by atoms with Crippen molar-refractivity contribution < 1.29 is 9.53 Å². The molecular weight excluding hydrogens is 202 g/mol. The number of carbonyl (C=O) groups is 1. The minimum absolute atomic E-state index is 0.318. The number of hydrogen-bond donors (Lipinski definition) is 0. The molecular formula is C13H13NO2. The van der Waals surface area contributed by atoms with Crippen LogP contribution >= 0.6 is 0 Å². The predicted octanol–water partition coefficient (Wildman–Crippen LogP) is 2.64. The molecule has 16 heavy (non-hydrogen) atoms. The SMILES string of the molecule is COC(=O)c1cc(C)nc2ccc(C)cc12. The molecule has 1 aromatic heterocycles. The van der Waals surface area contributed by atoms with Crippen LogP contribution in [-0.2, 0) is 4.74 Å². The Balaban J connectivity index is 2.79. The van der Waals surface area contributed by atoms with Crippen molar-refractivity contribution in [2.24, 2.45) is 0 Å². The summed E-state index contributed by atoms with van der Waals surface area (Å²) in [7, 11) is 1.39. The van der Waals surface area contributed by atoms with Gasteiger partial charge in [-0.15, -0.1) is 0 Å². The monoisotopic (exact) mass is 215 g/mol. The Morgan fingerprint density at radius 1 is 1.25 bits per heavy atom. The van der Waals surface area contributed by atoms with E-state index in [2.05, 4.69) is 4.98 Å². The van der Waals surface area contributed by atoms with Crippen LogP contribution in [0.5, 0.6) is 0 Å². The van der Waals surface area contributed by atoms with Gasteiger partial charge in [-0.3, -0.25) is 4.98 Å². The highest BCUT2D eigenvalue weighted by molar-refractivity contribution is 6.03. The van der Waals surface area contributed by atoms with Gasteiger partial charge in [0.15, 0.2) is 0 Å². The molecule has 0 radical (unpaired) electrons. The van der Waals surface area contributed by atoms with Gasteiger partial charge in [0.05, 0.1) is 18.2 Å². The van der Waals surface area contributed by atoms with Gasteiger partial charge in [-0.25, -0.2) is 4.79 Å². The molecule has 0 saturated heterocycles. The molecule has 0 fully saturated rings. The number of carbonyl (C=O) groups excluding carboxylic acids is 1. The number of aromatic nitrogens is 1. The Labute approximate surface area is 94.1 Å². The quantitative estimate of drug-likeness (QED) is 0.686. The van der Waals surface area contributed by atoms with E-state index in [-0.39, 0.29) is 5.97 Å². The van der Waals surface area contributed by atoms with Crippen LogP contribution in [-0.4, -0.2) is 18.1 Å². The van der Waals surface area contributed by atoms with Gasteiger partial charge in [-0.1, -0.05) is 11.6 Å². The van der Waals surface area contributed by atoms with Crippen molar-refractivity contribution in [2.75, 3.05) is 7.11 Å². The molecule has 2 rings (SSSR count). The molecule has 1 heterocycles. The number of methoxy groups -OCH3 is 1. The number of rotatable bonds is 1. The summed E-state index contributed by atoms with van der Waals surface area (Å²) in [5.74, 6) is -0.318. The second-order valence-corrected chi connectivity index (χ2v) is 3.82. The first-order valence-electron chi connectivity index (χ1n) is 5.08. The standard InChI is InChI=1S/C13H13NO2/c1-8-4-5-12-10(6-8)11(13(15)16-3)7-9(2)14-12/h4-7H,1-3H3. The van der Waals surface area contributed by atoms with Gasteiger partial charge >= 0.3 is 5.97 Å². The predicted molar refractivity (Wildman–Crippen MR) is 62.6 cm³/mol. The number of nitrogens with zero attached hydrogens (tertiary/aromatic N) is 1. The number of ether oxygens (including phenoxy) is 1. The number of benzene rings is 1. The van der Waals surface area contributed by atoms with Crippen molar-refractivity contribution in [1.29, 1.82) is 0 Å². The molecule has 0 saturated carbocycles. The van der Waals surface area contributed by atoms with Crippen LogP contribution in [0.3, 0.4) is 0 Å². The van der Waals surface area contributed by atoms with Crippen molar-refractivity contribution >= 4 is 16.9 Å². The lowest BCUT2D eigenvalue weighted by molar-refractivity contribution is 0.0603. The molecule has 1 aromatic carbocycles. The third-order valence-electron chi connectivity index (χ3n) is 2.50. The normalized spacial score (nSPS) is 10.4. The summed E-state index contributed by atoms with van der Waals surface area (Å²) in [5.41, 5.74) is 3.32. The molecule has 0 aliphatic heterocycles. The second kappa shape index (κ2) is 3.93. The first-order valence-corrected chi connectivity index (χ1v) is 5.08. The van der Waals surface area contributed by atoms with Crippen molar-refractivity contribution in [1.82, 2.24) is 4.98 Å². The number of pyridine rings is 1. The van der Waals surface area contributed by atoms with Crippen molar-refractivity contribution in [3.63, 3.8) is 0 Å². The van der Waals surface area contributed by atoms with Crippen molar-refractivity contribution in [3.8, 4) is 0 Å². The van der Waals surface area contributed by atoms with Gasteiger partial charge in [0.2, 0.25) is 0 Å². The summed E-state index contributed by atoms with van der Waals surface area (Å²) in [4.78, 5) is 16.0. The number of hydrogen-bond acceptors (Lipinski definition) is 3. The maximum Gasteiger partial charge on any atom is 0.338 e. The zero-order valence-electron chi connectivity index (χ0n) is 9.57. The maximum atomic E-state index is 11.6. The van der Waals surface area contributed by atoms with Gasteiger partial charge in [-0.2, -0.15) is 0 Å². The summed E-state index contributed by atoms with van der Waals surface area (Å²) in [6.07, 6.45) is 0. The Morgan fingerprint density at radius 3 is 2.69 bits per heavy atom. The van der Waals surface area contributed by atoms with Crippen LogP contribution in [0.1, 0.15) is 21.6 Å². The van der Waals surface area contributed by atoms with Crippen LogP contribution in [0.2, 0.25) is 0 Å². The van der Waals surface area contributed by atoms with E-state index in [1.807, 2.05) is 32.0 Å². The van der Waals surface area contributed by atoms with E-state index in [0.29, 0.717) is 5.56 Å². The first kappa shape index (κ1) is 10.6. The van der Waals surface area contributed by atoms with Crippen molar-refractivity contribution in [3.05, 3.63) is 41.1 Å². The van der Waals surface area contributed by atoms with Gasteiger partial charge in [0.1, 0.15) is 0 Å². The van der Waals surface area contributed by atoms with Crippen LogP contribution in [0.25, 0.3) is 10.9 Å². The molecule has 0 amide bonds. The van der Waals surface area contributed by atoms with Crippen molar-refractivity contribution in [2.45, 2.75) is 13.8 Å². The topological polar surface area (TPSA) is 39.2 Å². The van der Waals surface area contributed by atoms with E-state index < -0.39 is 0 Å². The minimum Gasteiger partial charge on any atom is -0.465 e. The summed E-state index contributed by atoms with van der Waals surface area (Å²) in [6.45, 7) is 3.85. The highest BCUT2D eigenvalue weighted by Crippen LogP contribution is 2.20. The van der Waals surface area contributed by atoms with Gasteiger partial charge < -0.3 is 4.74 Å². The molecule has 0 spiro atoms. The molecule has 0 atom stereocenters. The molecule has 0 aliphatic carbocycles. The average Bonchev–Trinajstić information content (AvgIpc) is 2.27. The van der Waals surface area contributed by atoms with Crippen LogP contribution in [0.15, 0.2) is 24.3 Å². The van der Waals surface area contributed by atoms with Gasteiger partial charge in [0, 0.05) is 11.1 Å². The average molecular weight is 215 g/mol. The molecule has 2 aromatic rings. The van der Waals surface area contributed by atoms with E-state index in [0.717, 1.165) is 22.2 Å². The Kier molecular flexibility index (Phi) is 2.60. The maximum absolute atomic E-state index is 11.6. The van der Waals surface area contributed by atoms with E-state index in [4.69, 9.17) is 4.74 Å². The summed E-state index contributed by atoms with van der Waals surface area (Å²) < 4.78 is 4.77. The van der Waals surface area contributed by atoms with Crippen LogP contribution < -0.4 is 0 Å². The molecule has 3 nitrogen and oxygen atoms in total. The van der Waals surface area contributed by atoms with E-state index >= 15 is 0 Å². The largest absolute Gasteiger partial charge is 0.465 e. The Bertz CT molecular complexity index is 561. The second-order valence-electron chi connectivity index (χ2n) is 3.82. The summed E-state index contributed by atoms with van der Waals surface area (Å²) in [6, 6.07) is 7.61. The highest BCUT2D eigenvalue weighted by atomic mass is 16.5. The highest BCUT2D eigenvalue weighted by Gasteiger charge is 2.11. The van der Waals surface area contributed by atoms with Gasteiger partial charge in [-0.05, 0) is 32.0 Å². The molecule has 0 unspecified atom stereocenters. The molecule has 0 bridgehead atoms. The zero-order valence-corrected chi connectivity index (χ0v) is 9.57. The third-order valence-corrected chi connectivity index (χ3v) is 2.50. The lowest BCUT2D eigenvalue weighted by Gasteiger charge is -2.06. The molecule has 0 N–H and O–H groups in total. The fraction of sp³-hybridized carbons (Fsp3) is 0.231. The molecule has 3 heteroatoms. The van der Waals surface area contributed by atoms with Gasteiger partial charge in [0.25, 0.3) is 0 Å². The Hall–Kier alpha value is -1.90. The smallest absolute Gasteiger partial charge is 0.338 e. The van der Waals surface area contributed by atoms with E-state index in [1.165, 1.54) is 7.11 Å². The number of fused-ring (bicyclic) bond motifs is 1. The number of aryl methyl sites for hydroxylation is 2. The minimum atomic E-state index is -0.318.